The molecule has 0 aromatic heterocycles. The SMILES string of the molecule is CCCCC(Oc1ccc(CCC)cc1)C(=O)OC. The second kappa shape index (κ2) is 8.57. The van der Waals surface area contributed by atoms with E-state index in [1.165, 1.54) is 12.7 Å². The van der Waals surface area contributed by atoms with Crippen molar-refractivity contribution in [1.82, 2.24) is 0 Å². The first kappa shape index (κ1) is 15.5. The number of hydrogen-bond acceptors (Lipinski definition) is 3. The van der Waals surface area contributed by atoms with Gasteiger partial charge < -0.3 is 9.47 Å². The fraction of sp³-hybridized carbons (Fsp3) is 0.562. The van der Waals surface area contributed by atoms with Crippen LogP contribution in [0.2, 0.25) is 0 Å². The Kier molecular flexibility index (Phi) is 7.01. The van der Waals surface area contributed by atoms with E-state index < -0.39 is 6.10 Å². The van der Waals surface area contributed by atoms with E-state index in [1.54, 1.807) is 0 Å². The molecule has 0 aliphatic rings. The molecule has 1 unspecified atom stereocenters. The quantitative estimate of drug-likeness (QED) is 0.671. The molecule has 0 saturated carbocycles. The van der Waals surface area contributed by atoms with Crippen LogP contribution in [-0.4, -0.2) is 19.2 Å². The zero-order valence-corrected chi connectivity index (χ0v) is 12.1. The Morgan fingerprint density at radius 3 is 2.37 bits per heavy atom. The number of ether oxygens (including phenoxy) is 2. The van der Waals surface area contributed by atoms with Gasteiger partial charge in [0.2, 0.25) is 0 Å². The van der Waals surface area contributed by atoms with Crippen molar-refractivity contribution >= 4 is 5.97 Å². The summed E-state index contributed by atoms with van der Waals surface area (Å²) in [7, 11) is 1.40. The monoisotopic (exact) mass is 264 g/mol. The van der Waals surface area contributed by atoms with Crippen LogP contribution in [0.4, 0.5) is 0 Å². The molecule has 3 heteroatoms. The average molecular weight is 264 g/mol. The third-order valence-corrected chi connectivity index (χ3v) is 3.02. The smallest absolute Gasteiger partial charge is 0.347 e. The van der Waals surface area contributed by atoms with Crippen LogP contribution in [0.15, 0.2) is 24.3 Å². The van der Waals surface area contributed by atoms with E-state index in [0.29, 0.717) is 6.42 Å². The number of carbonyl (C=O) groups is 1. The first-order valence-corrected chi connectivity index (χ1v) is 7.04. The minimum atomic E-state index is -0.498. The van der Waals surface area contributed by atoms with Crippen molar-refractivity contribution in [3.8, 4) is 5.75 Å². The van der Waals surface area contributed by atoms with Crippen LogP contribution in [0.1, 0.15) is 45.1 Å². The van der Waals surface area contributed by atoms with Crippen LogP contribution in [0.5, 0.6) is 5.75 Å². The van der Waals surface area contributed by atoms with Crippen LogP contribution in [0.3, 0.4) is 0 Å². The van der Waals surface area contributed by atoms with Crippen LogP contribution in [0, 0.1) is 0 Å². The molecule has 0 spiro atoms. The van der Waals surface area contributed by atoms with Crippen LogP contribution in [-0.2, 0) is 16.0 Å². The first-order valence-electron chi connectivity index (χ1n) is 7.04. The lowest BCUT2D eigenvalue weighted by atomic mass is 10.1. The third kappa shape index (κ3) is 5.33. The van der Waals surface area contributed by atoms with Crippen molar-refractivity contribution in [3.05, 3.63) is 29.8 Å². The molecule has 1 atom stereocenters. The summed E-state index contributed by atoms with van der Waals surface area (Å²) >= 11 is 0. The predicted molar refractivity (Wildman–Crippen MR) is 76.4 cm³/mol. The zero-order valence-electron chi connectivity index (χ0n) is 12.1. The maximum atomic E-state index is 11.6. The second-order valence-electron chi connectivity index (χ2n) is 4.67. The molecule has 106 valence electrons. The number of methoxy groups -OCH3 is 1. The number of hydrogen-bond donors (Lipinski definition) is 0. The molecule has 0 saturated heterocycles. The molecule has 0 N–H and O–H groups in total. The van der Waals surface area contributed by atoms with E-state index in [0.717, 1.165) is 31.4 Å². The van der Waals surface area contributed by atoms with Crippen molar-refractivity contribution in [2.45, 2.75) is 52.1 Å². The fourth-order valence-corrected chi connectivity index (χ4v) is 1.93. The number of carbonyl (C=O) groups excluding carboxylic acids is 1. The number of aryl methyl sites for hydroxylation is 1. The summed E-state index contributed by atoms with van der Waals surface area (Å²) < 4.78 is 10.5. The normalized spacial score (nSPS) is 11.9. The first-order chi connectivity index (χ1) is 9.21. The highest BCUT2D eigenvalue weighted by molar-refractivity contribution is 5.74. The largest absolute Gasteiger partial charge is 0.479 e. The molecule has 0 amide bonds. The zero-order chi connectivity index (χ0) is 14.1. The lowest BCUT2D eigenvalue weighted by molar-refractivity contribution is -0.149. The maximum absolute atomic E-state index is 11.6. The Hall–Kier alpha value is -1.51. The van der Waals surface area contributed by atoms with Gasteiger partial charge in [-0.25, -0.2) is 4.79 Å². The van der Waals surface area contributed by atoms with Crippen molar-refractivity contribution in [1.29, 1.82) is 0 Å². The molecule has 0 heterocycles. The Balaban J connectivity index is 2.64. The van der Waals surface area contributed by atoms with Gasteiger partial charge in [0.25, 0.3) is 0 Å². The summed E-state index contributed by atoms with van der Waals surface area (Å²) in [6, 6.07) is 7.94. The Morgan fingerprint density at radius 1 is 1.16 bits per heavy atom. The average Bonchev–Trinajstić information content (AvgIpc) is 2.44. The predicted octanol–water partition coefficient (Wildman–Crippen LogP) is 3.75. The highest BCUT2D eigenvalue weighted by Gasteiger charge is 2.20. The number of benzene rings is 1. The molecule has 0 radical (unpaired) electrons. The van der Waals surface area contributed by atoms with E-state index in [1.807, 2.05) is 24.3 Å². The Labute approximate surface area is 115 Å². The maximum Gasteiger partial charge on any atom is 0.347 e. The van der Waals surface area contributed by atoms with Crippen molar-refractivity contribution in [3.63, 3.8) is 0 Å². The molecular formula is C16H24O3. The minimum absolute atomic E-state index is 0.300. The standard InChI is InChI=1S/C16H24O3/c1-4-6-8-15(16(17)18-3)19-14-11-9-13(7-5-2)10-12-14/h9-12,15H,4-8H2,1-3H3. The number of rotatable bonds is 8. The highest BCUT2D eigenvalue weighted by atomic mass is 16.6. The summed E-state index contributed by atoms with van der Waals surface area (Å²) in [4.78, 5) is 11.6. The molecule has 0 aliphatic heterocycles. The molecule has 3 nitrogen and oxygen atoms in total. The highest BCUT2D eigenvalue weighted by Crippen LogP contribution is 2.17. The molecule has 1 rings (SSSR count). The van der Waals surface area contributed by atoms with E-state index in [2.05, 4.69) is 13.8 Å². The van der Waals surface area contributed by atoms with E-state index >= 15 is 0 Å². The van der Waals surface area contributed by atoms with Gasteiger partial charge >= 0.3 is 5.97 Å². The molecule has 1 aromatic rings. The fourth-order valence-electron chi connectivity index (χ4n) is 1.93. The summed E-state index contributed by atoms with van der Waals surface area (Å²) in [6.07, 6.45) is 4.37. The third-order valence-electron chi connectivity index (χ3n) is 3.02. The molecule has 1 aromatic carbocycles. The van der Waals surface area contributed by atoms with Gasteiger partial charge in [-0.15, -0.1) is 0 Å². The Bertz CT molecular complexity index is 370. The summed E-state index contributed by atoms with van der Waals surface area (Å²) in [5.41, 5.74) is 1.29. The Morgan fingerprint density at radius 2 is 1.84 bits per heavy atom. The van der Waals surface area contributed by atoms with Crippen LogP contribution in [0.25, 0.3) is 0 Å². The van der Waals surface area contributed by atoms with Gasteiger partial charge in [0.15, 0.2) is 6.10 Å². The van der Waals surface area contributed by atoms with Gasteiger partial charge in [0.1, 0.15) is 5.75 Å². The van der Waals surface area contributed by atoms with E-state index in [9.17, 15) is 4.79 Å². The van der Waals surface area contributed by atoms with E-state index in [4.69, 9.17) is 9.47 Å². The summed E-state index contributed by atoms with van der Waals surface area (Å²) in [5.74, 6) is 0.428. The molecule has 0 bridgehead atoms. The molecule has 0 fully saturated rings. The van der Waals surface area contributed by atoms with Crippen LogP contribution >= 0.6 is 0 Å². The van der Waals surface area contributed by atoms with Gasteiger partial charge in [-0.3, -0.25) is 0 Å². The van der Waals surface area contributed by atoms with Crippen LogP contribution < -0.4 is 4.74 Å². The molecule has 19 heavy (non-hydrogen) atoms. The van der Waals surface area contributed by atoms with Crippen molar-refractivity contribution < 1.29 is 14.3 Å². The van der Waals surface area contributed by atoms with Crippen molar-refractivity contribution in [2.24, 2.45) is 0 Å². The summed E-state index contributed by atoms with van der Waals surface area (Å²) in [6.45, 7) is 4.25. The lowest BCUT2D eigenvalue weighted by Crippen LogP contribution is -2.28. The minimum Gasteiger partial charge on any atom is -0.479 e. The lowest BCUT2D eigenvalue weighted by Gasteiger charge is -2.16. The topological polar surface area (TPSA) is 35.5 Å². The molecular weight excluding hydrogens is 240 g/mol. The van der Waals surface area contributed by atoms with Gasteiger partial charge in [-0.2, -0.15) is 0 Å². The van der Waals surface area contributed by atoms with E-state index in [-0.39, 0.29) is 5.97 Å². The van der Waals surface area contributed by atoms with Gasteiger partial charge in [0, 0.05) is 0 Å². The van der Waals surface area contributed by atoms with Gasteiger partial charge in [-0.1, -0.05) is 38.8 Å². The summed E-state index contributed by atoms with van der Waals surface area (Å²) in [5, 5.41) is 0. The van der Waals surface area contributed by atoms with Gasteiger partial charge in [0.05, 0.1) is 7.11 Å². The number of unbranched alkanes of at least 4 members (excludes halogenated alkanes) is 1. The molecule has 0 aliphatic carbocycles. The van der Waals surface area contributed by atoms with Crippen molar-refractivity contribution in [2.75, 3.05) is 7.11 Å². The second-order valence-corrected chi connectivity index (χ2v) is 4.67. The number of esters is 1. The van der Waals surface area contributed by atoms with Gasteiger partial charge in [-0.05, 0) is 37.0 Å².